The van der Waals surface area contributed by atoms with Crippen molar-refractivity contribution < 1.29 is 0 Å². The standard InChI is InChI=1S/C13H17N5/c14-10-3-1-2-9(6-10)13-17-8-12(18-13)11-7-15-4-5-16-11/h4-5,7-10H,1-3,6,14H2,(H,17,18). The number of hydrogen-bond donors (Lipinski definition) is 2. The summed E-state index contributed by atoms with van der Waals surface area (Å²) in [5, 5.41) is 0. The number of aromatic nitrogens is 4. The number of nitrogens with one attached hydrogen (secondary N) is 1. The number of nitrogens with zero attached hydrogens (tertiary/aromatic N) is 3. The van der Waals surface area contributed by atoms with E-state index in [2.05, 4.69) is 19.9 Å². The normalized spacial score (nSPS) is 24.1. The van der Waals surface area contributed by atoms with Gasteiger partial charge in [-0.2, -0.15) is 0 Å². The number of aromatic amines is 1. The smallest absolute Gasteiger partial charge is 0.109 e. The topological polar surface area (TPSA) is 80.5 Å². The van der Waals surface area contributed by atoms with E-state index >= 15 is 0 Å². The number of imidazole rings is 1. The molecule has 3 N–H and O–H groups in total. The first-order chi connectivity index (χ1) is 8.83. The van der Waals surface area contributed by atoms with E-state index < -0.39 is 0 Å². The Morgan fingerprint density at radius 1 is 1.17 bits per heavy atom. The van der Waals surface area contributed by atoms with Crippen molar-refractivity contribution in [2.24, 2.45) is 5.73 Å². The quantitative estimate of drug-likeness (QED) is 0.843. The minimum absolute atomic E-state index is 0.314. The average Bonchev–Trinajstić information content (AvgIpc) is 2.89. The highest BCUT2D eigenvalue weighted by atomic mass is 14.9. The van der Waals surface area contributed by atoms with Gasteiger partial charge in [0, 0.05) is 24.4 Å². The van der Waals surface area contributed by atoms with E-state index in [1.807, 2.05) is 6.20 Å². The molecule has 0 spiro atoms. The molecule has 0 aliphatic heterocycles. The van der Waals surface area contributed by atoms with Gasteiger partial charge in [0.2, 0.25) is 0 Å². The molecule has 94 valence electrons. The van der Waals surface area contributed by atoms with E-state index in [0.29, 0.717) is 12.0 Å². The Kier molecular flexibility index (Phi) is 3.06. The predicted molar refractivity (Wildman–Crippen MR) is 68.8 cm³/mol. The summed E-state index contributed by atoms with van der Waals surface area (Å²) in [6.45, 7) is 0. The molecule has 1 aliphatic carbocycles. The van der Waals surface area contributed by atoms with Gasteiger partial charge in [0.15, 0.2) is 0 Å². The Morgan fingerprint density at radius 2 is 2.11 bits per heavy atom. The Bertz CT molecular complexity index is 507. The van der Waals surface area contributed by atoms with Crippen LogP contribution in [-0.4, -0.2) is 26.0 Å². The molecule has 1 saturated carbocycles. The van der Waals surface area contributed by atoms with Gasteiger partial charge in [-0.3, -0.25) is 9.97 Å². The SMILES string of the molecule is NC1CCCC(c2ncc(-c3cnccn3)[nH]2)C1. The monoisotopic (exact) mass is 243 g/mol. The minimum Gasteiger partial charge on any atom is -0.340 e. The van der Waals surface area contributed by atoms with Crippen LogP contribution in [0, 0.1) is 0 Å². The molecule has 2 atom stereocenters. The van der Waals surface area contributed by atoms with Gasteiger partial charge in [-0.15, -0.1) is 0 Å². The van der Waals surface area contributed by atoms with Gasteiger partial charge in [0.25, 0.3) is 0 Å². The Hall–Kier alpha value is -1.75. The van der Waals surface area contributed by atoms with Crippen LogP contribution in [0.4, 0.5) is 0 Å². The molecule has 2 aromatic heterocycles. The van der Waals surface area contributed by atoms with Gasteiger partial charge in [0.05, 0.1) is 18.1 Å². The summed E-state index contributed by atoms with van der Waals surface area (Å²) in [7, 11) is 0. The Morgan fingerprint density at radius 3 is 2.89 bits per heavy atom. The zero-order valence-electron chi connectivity index (χ0n) is 10.2. The summed E-state index contributed by atoms with van der Waals surface area (Å²) in [6, 6.07) is 0.314. The highest BCUT2D eigenvalue weighted by Crippen LogP contribution is 2.31. The molecule has 1 fully saturated rings. The van der Waals surface area contributed by atoms with Crippen LogP contribution in [-0.2, 0) is 0 Å². The molecule has 2 heterocycles. The summed E-state index contributed by atoms with van der Waals surface area (Å²) < 4.78 is 0. The molecule has 2 unspecified atom stereocenters. The lowest BCUT2D eigenvalue weighted by Crippen LogP contribution is -2.27. The van der Waals surface area contributed by atoms with Gasteiger partial charge in [-0.1, -0.05) is 6.42 Å². The molecule has 18 heavy (non-hydrogen) atoms. The maximum absolute atomic E-state index is 6.02. The van der Waals surface area contributed by atoms with E-state index in [-0.39, 0.29) is 0 Å². The molecule has 1 aliphatic rings. The van der Waals surface area contributed by atoms with Crippen molar-refractivity contribution in [3.05, 3.63) is 30.6 Å². The molecular formula is C13H17N5. The van der Waals surface area contributed by atoms with Gasteiger partial charge < -0.3 is 10.7 Å². The fourth-order valence-electron chi connectivity index (χ4n) is 2.59. The first kappa shape index (κ1) is 11.3. The molecule has 3 rings (SSSR count). The number of hydrogen-bond acceptors (Lipinski definition) is 4. The molecule has 5 nitrogen and oxygen atoms in total. The van der Waals surface area contributed by atoms with Crippen molar-refractivity contribution >= 4 is 0 Å². The second kappa shape index (κ2) is 4.86. The number of H-pyrrole nitrogens is 1. The Labute approximate surface area is 106 Å². The second-order valence-corrected chi connectivity index (χ2v) is 4.90. The fourth-order valence-corrected chi connectivity index (χ4v) is 2.59. The number of nitrogens with two attached hydrogens (primary N) is 1. The van der Waals surface area contributed by atoms with Crippen molar-refractivity contribution in [2.45, 2.75) is 37.6 Å². The van der Waals surface area contributed by atoms with Crippen molar-refractivity contribution in [3.8, 4) is 11.4 Å². The lowest BCUT2D eigenvalue weighted by Gasteiger charge is -2.24. The van der Waals surface area contributed by atoms with E-state index in [4.69, 9.17) is 5.73 Å². The van der Waals surface area contributed by atoms with E-state index in [0.717, 1.165) is 30.1 Å². The van der Waals surface area contributed by atoms with E-state index in [1.165, 1.54) is 12.8 Å². The van der Waals surface area contributed by atoms with Crippen LogP contribution in [0.3, 0.4) is 0 Å². The average molecular weight is 243 g/mol. The maximum Gasteiger partial charge on any atom is 0.109 e. The largest absolute Gasteiger partial charge is 0.340 e. The second-order valence-electron chi connectivity index (χ2n) is 4.90. The van der Waals surface area contributed by atoms with Crippen LogP contribution in [0.15, 0.2) is 24.8 Å². The van der Waals surface area contributed by atoms with Crippen LogP contribution in [0.1, 0.15) is 37.4 Å². The van der Waals surface area contributed by atoms with Crippen molar-refractivity contribution in [3.63, 3.8) is 0 Å². The first-order valence-corrected chi connectivity index (χ1v) is 6.40. The maximum atomic E-state index is 6.02. The van der Waals surface area contributed by atoms with Crippen LogP contribution in [0.25, 0.3) is 11.4 Å². The highest BCUT2D eigenvalue weighted by molar-refractivity contribution is 5.51. The third-order valence-electron chi connectivity index (χ3n) is 3.54. The minimum atomic E-state index is 0.314. The molecule has 5 heteroatoms. The predicted octanol–water partition coefficient (Wildman–Crippen LogP) is 1.85. The van der Waals surface area contributed by atoms with Gasteiger partial charge >= 0.3 is 0 Å². The summed E-state index contributed by atoms with van der Waals surface area (Å²) >= 11 is 0. The molecule has 0 bridgehead atoms. The van der Waals surface area contributed by atoms with Crippen LogP contribution < -0.4 is 5.73 Å². The van der Waals surface area contributed by atoms with Crippen LogP contribution in [0.5, 0.6) is 0 Å². The van der Waals surface area contributed by atoms with Crippen LogP contribution in [0.2, 0.25) is 0 Å². The van der Waals surface area contributed by atoms with Gasteiger partial charge in [0.1, 0.15) is 11.5 Å². The van der Waals surface area contributed by atoms with E-state index in [1.54, 1.807) is 18.6 Å². The first-order valence-electron chi connectivity index (χ1n) is 6.40. The van der Waals surface area contributed by atoms with Crippen molar-refractivity contribution in [1.82, 2.24) is 19.9 Å². The third-order valence-corrected chi connectivity index (χ3v) is 3.54. The van der Waals surface area contributed by atoms with E-state index in [9.17, 15) is 0 Å². The summed E-state index contributed by atoms with van der Waals surface area (Å²) in [6.07, 6.45) is 11.4. The molecular weight excluding hydrogens is 226 g/mol. The molecule has 0 aromatic carbocycles. The molecule has 0 radical (unpaired) electrons. The summed E-state index contributed by atoms with van der Waals surface area (Å²) in [4.78, 5) is 16.2. The fraction of sp³-hybridized carbons (Fsp3) is 0.462. The van der Waals surface area contributed by atoms with Crippen LogP contribution >= 0.6 is 0 Å². The lowest BCUT2D eigenvalue weighted by atomic mass is 9.86. The highest BCUT2D eigenvalue weighted by Gasteiger charge is 2.23. The molecule has 0 amide bonds. The van der Waals surface area contributed by atoms with Crippen molar-refractivity contribution in [1.29, 1.82) is 0 Å². The van der Waals surface area contributed by atoms with Crippen molar-refractivity contribution in [2.75, 3.05) is 0 Å². The third kappa shape index (κ3) is 2.26. The summed E-state index contributed by atoms with van der Waals surface area (Å²) in [5.74, 6) is 1.49. The Balaban J connectivity index is 1.81. The molecule has 2 aromatic rings. The van der Waals surface area contributed by atoms with Gasteiger partial charge in [-0.25, -0.2) is 4.98 Å². The zero-order chi connectivity index (χ0) is 12.4. The zero-order valence-corrected chi connectivity index (χ0v) is 10.2. The molecule has 0 saturated heterocycles. The lowest BCUT2D eigenvalue weighted by molar-refractivity contribution is 0.383. The van der Waals surface area contributed by atoms with Gasteiger partial charge in [-0.05, 0) is 19.3 Å². The summed E-state index contributed by atoms with van der Waals surface area (Å²) in [5.41, 5.74) is 7.77. The number of rotatable bonds is 2.